The number of esters is 1. The Labute approximate surface area is 157 Å². The third-order valence-electron chi connectivity index (χ3n) is 5.65. The van der Waals surface area contributed by atoms with Crippen molar-refractivity contribution >= 4 is 17.6 Å². The summed E-state index contributed by atoms with van der Waals surface area (Å²) in [5.74, 6) is -0.864. The van der Waals surface area contributed by atoms with Gasteiger partial charge in [-0.05, 0) is 54.2 Å². The summed E-state index contributed by atoms with van der Waals surface area (Å²) in [6, 6.07) is 10.9. The molecule has 2 aliphatic rings. The van der Waals surface area contributed by atoms with Gasteiger partial charge in [-0.15, -0.1) is 0 Å². The molecule has 1 heterocycles. The Morgan fingerprint density at radius 2 is 1.89 bits per heavy atom. The smallest absolute Gasteiger partial charge is 0.338 e. The summed E-state index contributed by atoms with van der Waals surface area (Å²) in [6.45, 7) is 2.02. The minimum absolute atomic E-state index is 0.0481. The summed E-state index contributed by atoms with van der Waals surface area (Å²) >= 11 is 0. The Morgan fingerprint density at radius 3 is 2.56 bits per heavy atom. The van der Waals surface area contributed by atoms with E-state index in [-0.39, 0.29) is 29.4 Å². The fraction of sp³-hybridized carbons (Fsp3) is 0.273. The third-order valence-corrected chi connectivity index (χ3v) is 5.65. The number of carbonyl (C=O) groups excluding carboxylic acids is 1. The molecule has 0 aromatic heterocycles. The van der Waals surface area contributed by atoms with Crippen molar-refractivity contribution in [2.45, 2.75) is 25.3 Å². The molecule has 0 saturated carbocycles. The topological polar surface area (TPSA) is 75.6 Å². The maximum absolute atomic E-state index is 12.3. The second-order valence-corrected chi connectivity index (χ2v) is 7.11. The van der Waals surface area contributed by atoms with Gasteiger partial charge in [0, 0.05) is 11.6 Å². The van der Waals surface area contributed by atoms with E-state index in [1.165, 1.54) is 7.11 Å². The first-order valence-corrected chi connectivity index (χ1v) is 8.99. The van der Waals surface area contributed by atoms with E-state index in [4.69, 9.17) is 9.84 Å². The van der Waals surface area contributed by atoms with Crippen LogP contribution < -0.4 is 5.32 Å². The number of carboxylic acid groups (broad SMARTS) is 1. The predicted octanol–water partition coefficient (Wildman–Crippen LogP) is 4.31. The molecule has 2 aromatic carbocycles. The van der Waals surface area contributed by atoms with Crippen molar-refractivity contribution in [1.29, 1.82) is 0 Å². The molecule has 0 amide bonds. The van der Waals surface area contributed by atoms with Crippen molar-refractivity contribution in [1.82, 2.24) is 0 Å². The van der Waals surface area contributed by atoms with Gasteiger partial charge in [-0.1, -0.05) is 30.4 Å². The Kier molecular flexibility index (Phi) is 4.22. The van der Waals surface area contributed by atoms with Gasteiger partial charge in [0.1, 0.15) is 0 Å². The number of allylic oxidation sites excluding steroid dienone is 2. The molecule has 2 aromatic rings. The molecular formula is C22H21NO4. The lowest BCUT2D eigenvalue weighted by Crippen LogP contribution is -2.31. The number of rotatable bonds is 3. The molecule has 0 saturated heterocycles. The van der Waals surface area contributed by atoms with Crippen LogP contribution in [0.25, 0.3) is 0 Å². The van der Waals surface area contributed by atoms with Gasteiger partial charge in [-0.3, -0.25) is 0 Å². The molecule has 5 heteroatoms. The van der Waals surface area contributed by atoms with Crippen LogP contribution in [0.15, 0.2) is 48.6 Å². The molecule has 5 nitrogen and oxygen atoms in total. The van der Waals surface area contributed by atoms with Gasteiger partial charge in [0.15, 0.2) is 0 Å². The van der Waals surface area contributed by atoms with Crippen molar-refractivity contribution in [3.63, 3.8) is 0 Å². The van der Waals surface area contributed by atoms with Crippen molar-refractivity contribution in [2.24, 2.45) is 5.92 Å². The molecular weight excluding hydrogens is 342 g/mol. The first-order chi connectivity index (χ1) is 13.0. The van der Waals surface area contributed by atoms with E-state index in [9.17, 15) is 9.59 Å². The quantitative estimate of drug-likeness (QED) is 0.628. The monoisotopic (exact) mass is 363 g/mol. The highest BCUT2D eigenvalue weighted by Crippen LogP contribution is 2.51. The average molecular weight is 363 g/mol. The normalized spacial score (nSPS) is 22.5. The molecule has 2 N–H and O–H groups in total. The maximum atomic E-state index is 12.3. The molecule has 27 heavy (non-hydrogen) atoms. The van der Waals surface area contributed by atoms with E-state index in [0.29, 0.717) is 5.56 Å². The molecule has 138 valence electrons. The van der Waals surface area contributed by atoms with Crippen LogP contribution in [-0.2, 0) is 4.74 Å². The van der Waals surface area contributed by atoms with Crippen LogP contribution >= 0.6 is 0 Å². The summed E-state index contributed by atoms with van der Waals surface area (Å²) in [7, 11) is 1.40. The number of carbonyl (C=O) groups is 2. The number of hydrogen-bond donors (Lipinski definition) is 2. The summed E-state index contributed by atoms with van der Waals surface area (Å²) in [5, 5.41) is 12.8. The molecule has 3 atom stereocenters. The van der Waals surface area contributed by atoms with E-state index >= 15 is 0 Å². The number of carboxylic acids is 1. The number of fused-ring (bicyclic) bond motifs is 3. The Hall–Kier alpha value is -3.08. The van der Waals surface area contributed by atoms with E-state index in [0.717, 1.165) is 28.8 Å². The van der Waals surface area contributed by atoms with Crippen LogP contribution in [0.2, 0.25) is 0 Å². The van der Waals surface area contributed by atoms with Crippen LogP contribution in [0.5, 0.6) is 0 Å². The number of ether oxygens (including phenoxy) is 1. The van der Waals surface area contributed by atoms with E-state index in [2.05, 4.69) is 17.5 Å². The maximum Gasteiger partial charge on any atom is 0.338 e. The third kappa shape index (κ3) is 2.79. The van der Waals surface area contributed by atoms with Gasteiger partial charge in [0.05, 0.1) is 24.3 Å². The molecule has 0 fully saturated rings. The fourth-order valence-electron chi connectivity index (χ4n) is 4.31. The standard InChI is InChI=1S/C22H21NO4/c1-12-6-11-17(22(26)27-2)18-15-4-3-5-16(15)20(23-19(12)18)13-7-9-14(10-8-13)21(24)25/h3-4,6-11,15-16,20,23H,5H2,1-2H3,(H,24,25)/t15-,16+,20+/m1/s1. The van der Waals surface area contributed by atoms with Crippen molar-refractivity contribution in [3.05, 3.63) is 76.4 Å². The Bertz CT molecular complexity index is 946. The highest BCUT2D eigenvalue weighted by molar-refractivity contribution is 5.94. The molecule has 4 rings (SSSR count). The van der Waals surface area contributed by atoms with E-state index in [1.807, 2.05) is 31.2 Å². The van der Waals surface area contributed by atoms with Crippen LogP contribution in [0, 0.1) is 12.8 Å². The zero-order valence-electron chi connectivity index (χ0n) is 15.2. The zero-order chi connectivity index (χ0) is 19.1. The summed E-state index contributed by atoms with van der Waals surface area (Å²) in [4.78, 5) is 23.4. The van der Waals surface area contributed by atoms with Crippen LogP contribution in [0.3, 0.4) is 0 Å². The van der Waals surface area contributed by atoms with Crippen LogP contribution in [-0.4, -0.2) is 24.2 Å². The van der Waals surface area contributed by atoms with Crippen molar-refractivity contribution in [2.75, 3.05) is 12.4 Å². The second kappa shape index (κ2) is 6.58. The molecule has 0 bridgehead atoms. The van der Waals surface area contributed by atoms with Crippen molar-refractivity contribution in [3.8, 4) is 0 Å². The highest BCUT2D eigenvalue weighted by atomic mass is 16.5. The number of anilines is 1. The van der Waals surface area contributed by atoms with Gasteiger partial charge in [-0.25, -0.2) is 9.59 Å². The Balaban J connectivity index is 1.80. The SMILES string of the molecule is COC(=O)c1ccc(C)c2c1[C@@H]1C=CC[C@@H]1[C@H](c1ccc(C(=O)O)cc1)N2. The van der Waals surface area contributed by atoms with Gasteiger partial charge < -0.3 is 15.2 Å². The number of aryl methyl sites for hydroxylation is 1. The van der Waals surface area contributed by atoms with Gasteiger partial charge in [0.2, 0.25) is 0 Å². The zero-order valence-corrected chi connectivity index (χ0v) is 15.2. The minimum Gasteiger partial charge on any atom is -0.478 e. The first-order valence-electron chi connectivity index (χ1n) is 8.99. The second-order valence-electron chi connectivity index (χ2n) is 7.11. The average Bonchev–Trinajstić information content (AvgIpc) is 3.17. The lowest BCUT2D eigenvalue weighted by molar-refractivity contribution is 0.0597. The molecule has 1 aliphatic carbocycles. The van der Waals surface area contributed by atoms with Crippen LogP contribution in [0.4, 0.5) is 5.69 Å². The van der Waals surface area contributed by atoms with Crippen LogP contribution in [0.1, 0.15) is 55.8 Å². The summed E-state index contributed by atoms with van der Waals surface area (Å²) in [6.07, 6.45) is 5.24. The largest absolute Gasteiger partial charge is 0.478 e. The summed E-state index contributed by atoms with van der Waals surface area (Å²) < 4.78 is 4.99. The van der Waals surface area contributed by atoms with Gasteiger partial charge in [-0.2, -0.15) is 0 Å². The lowest BCUT2D eigenvalue weighted by atomic mass is 9.74. The number of benzene rings is 2. The number of hydrogen-bond acceptors (Lipinski definition) is 4. The molecule has 1 aliphatic heterocycles. The highest BCUT2D eigenvalue weighted by Gasteiger charge is 2.40. The molecule has 0 spiro atoms. The molecule has 0 radical (unpaired) electrons. The first kappa shape index (κ1) is 17.3. The van der Waals surface area contributed by atoms with E-state index in [1.54, 1.807) is 12.1 Å². The number of methoxy groups -OCH3 is 1. The number of nitrogens with one attached hydrogen (secondary N) is 1. The lowest BCUT2D eigenvalue weighted by Gasteiger charge is -2.39. The van der Waals surface area contributed by atoms with E-state index < -0.39 is 5.97 Å². The van der Waals surface area contributed by atoms with Gasteiger partial charge in [0.25, 0.3) is 0 Å². The fourth-order valence-corrected chi connectivity index (χ4v) is 4.31. The van der Waals surface area contributed by atoms with Gasteiger partial charge >= 0.3 is 11.9 Å². The minimum atomic E-state index is -0.928. The van der Waals surface area contributed by atoms with Crippen molar-refractivity contribution < 1.29 is 19.4 Å². The number of aromatic carboxylic acids is 1. The summed E-state index contributed by atoms with van der Waals surface area (Å²) in [5.41, 5.74) is 4.97. The Morgan fingerprint density at radius 1 is 1.15 bits per heavy atom. The predicted molar refractivity (Wildman–Crippen MR) is 102 cm³/mol. The molecule has 0 unspecified atom stereocenters.